The number of carbonyl (C=O) groups excluding carboxylic acids is 1. The number of carbonyl (C=O) groups is 1. The Kier molecular flexibility index (Phi) is 5.03. The number of benzene rings is 2. The highest BCUT2D eigenvalue weighted by atomic mass is 35.5. The molecule has 28 heavy (non-hydrogen) atoms. The molecule has 0 saturated heterocycles. The highest BCUT2D eigenvalue weighted by molar-refractivity contribution is 6.35. The zero-order valence-corrected chi connectivity index (χ0v) is 16.4. The van der Waals surface area contributed by atoms with E-state index >= 15 is 0 Å². The summed E-state index contributed by atoms with van der Waals surface area (Å²) in [6.45, 7) is 2.09. The standard InChI is InChI=1S/C21H15Cl2N3O2/c1-2-12-5-8-18-17(10-12)26-21(28-18)13-6-7-15(22)16(11-13)25-20(27)14-4-3-9-24-19(14)23/h3-11H,2H2,1H3,(H,25,27). The van der Waals surface area contributed by atoms with Crippen LogP contribution in [0.3, 0.4) is 0 Å². The second-order valence-corrected chi connectivity index (χ2v) is 6.93. The van der Waals surface area contributed by atoms with E-state index in [1.54, 1.807) is 30.3 Å². The minimum Gasteiger partial charge on any atom is -0.436 e. The third-order valence-corrected chi connectivity index (χ3v) is 4.96. The number of amides is 1. The lowest BCUT2D eigenvalue weighted by molar-refractivity contribution is 0.102. The van der Waals surface area contributed by atoms with Gasteiger partial charge in [-0.15, -0.1) is 0 Å². The Morgan fingerprint density at radius 2 is 2.00 bits per heavy atom. The lowest BCUT2D eigenvalue weighted by atomic mass is 10.1. The Labute approximate surface area is 171 Å². The predicted octanol–water partition coefficient (Wildman–Crippen LogP) is 6.01. The van der Waals surface area contributed by atoms with Crippen molar-refractivity contribution in [3.63, 3.8) is 0 Å². The van der Waals surface area contributed by atoms with Gasteiger partial charge < -0.3 is 9.73 Å². The van der Waals surface area contributed by atoms with Gasteiger partial charge in [0.1, 0.15) is 10.7 Å². The Morgan fingerprint density at radius 1 is 1.14 bits per heavy atom. The van der Waals surface area contributed by atoms with Crippen molar-refractivity contribution in [1.29, 1.82) is 0 Å². The van der Waals surface area contributed by atoms with E-state index in [2.05, 4.69) is 22.2 Å². The number of rotatable bonds is 4. The summed E-state index contributed by atoms with van der Waals surface area (Å²) in [6, 6.07) is 14.4. The molecule has 2 aromatic carbocycles. The summed E-state index contributed by atoms with van der Waals surface area (Å²) >= 11 is 12.3. The molecule has 0 unspecified atom stereocenters. The number of hydrogen-bond acceptors (Lipinski definition) is 4. The molecule has 0 bridgehead atoms. The molecule has 4 rings (SSSR count). The maximum atomic E-state index is 12.5. The monoisotopic (exact) mass is 411 g/mol. The van der Waals surface area contributed by atoms with Gasteiger partial charge in [0, 0.05) is 11.8 Å². The molecule has 0 fully saturated rings. The van der Waals surface area contributed by atoms with E-state index in [9.17, 15) is 4.79 Å². The molecule has 0 aliphatic carbocycles. The Bertz CT molecular complexity index is 1190. The number of anilines is 1. The van der Waals surface area contributed by atoms with Crippen LogP contribution < -0.4 is 5.32 Å². The number of halogens is 2. The van der Waals surface area contributed by atoms with Gasteiger partial charge >= 0.3 is 0 Å². The summed E-state index contributed by atoms with van der Waals surface area (Å²) in [5, 5.41) is 3.28. The van der Waals surface area contributed by atoms with Gasteiger partial charge in [-0.3, -0.25) is 4.79 Å². The molecule has 0 radical (unpaired) electrons. The third-order valence-electron chi connectivity index (χ3n) is 4.33. The van der Waals surface area contributed by atoms with Crippen molar-refractivity contribution in [2.45, 2.75) is 13.3 Å². The van der Waals surface area contributed by atoms with E-state index in [1.165, 1.54) is 11.8 Å². The second-order valence-electron chi connectivity index (χ2n) is 6.17. The van der Waals surface area contributed by atoms with Gasteiger partial charge in [-0.2, -0.15) is 0 Å². The number of nitrogens with zero attached hydrogens (tertiary/aromatic N) is 2. The normalized spacial score (nSPS) is 11.0. The highest BCUT2D eigenvalue weighted by Crippen LogP contribution is 2.31. The molecule has 1 N–H and O–H groups in total. The zero-order valence-electron chi connectivity index (χ0n) is 14.9. The number of pyridine rings is 1. The maximum Gasteiger partial charge on any atom is 0.258 e. The molecular formula is C21H15Cl2N3O2. The molecule has 0 saturated carbocycles. The van der Waals surface area contributed by atoms with Crippen LogP contribution in [0.5, 0.6) is 0 Å². The average molecular weight is 412 g/mol. The van der Waals surface area contributed by atoms with Crippen LogP contribution >= 0.6 is 23.2 Å². The molecule has 5 nitrogen and oxygen atoms in total. The van der Waals surface area contributed by atoms with Crippen LogP contribution in [0.15, 0.2) is 59.1 Å². The largest absolute Gasteiger partial charge is 0.436 e. The van der Waals surface area contributed by atoms with Crippen LogP contribution in [-0.2, 0) is 6.42 Å². The molecular weight excluding hydrogens is 397 g/mol. The van der Waals surface area contributed by atoms with Crippen LogP contribution in [-0.4, -0.2) is 15.9 Å². The summed E-state index contributed by atoms with van der Waals surface area (Å²) < 4.78 is 5.86. The summed E-state index contributed by atoms with van der Waals surface area (Å²) in [5.74, 6) is 0.0529. The number of fused-ring (bicyclic) bond motifs is 1. The molecule has 0 spiro atoms. The van der Waals surface area contributed by atoms with Crippen LogP contribution in [0.1, 0.15) is 22.8 Å². The van der Waals surface area contributed by atoms with Gasteiger partial charge in [-0.05, 0) is 54.4 Å². The smallest absolute Gasteiger partial charge is 0.258 e. The number of nitrogens with one attached hydrogen (secondary N) is 1. The Hall–Kier alpha value is -2.89. The fourth-order valence-corrected chi connectivity index (χ4v) is 3.19. The van der Waals surface area contributed by atoms with Gasteiger partial charge in [0.25, 0.3) is 5.91 Å². The molecule has 1 amide bonds. The maximum absolute atomic E-state index is 12.5. The number of aryl methyl sites for hydroxylation is 1. The summed E-state index contributed by atoms with van der Waals surface area (Å²) in [4.78, 5) is 21.0. The molecule has 7 heteroatoms. The van der Waals surface area contributed by atoms with Crippen molar-refractivity contribution in [2.75, 3.05) is 5.32 Å². The summed E-state index contributed by atoms with van der Waals surface area (Å²) in [6.07, 6.45) is 2.44. The first kappa shape index (κ1) is 18.5. The molecule has 0 aliphatic rings. The fourth-order valence-electron chi connectivity index (χ4n) is 2.82. The third kappa shape index (κ3) is 3.59. The van der Waals surface area contributed by atoms with Crippen LogP contribution in [0.2, 0.25) is 10.2 Å². The first-order valence-corrected chi connectivity index (χ1v) is 9.42. The van der Waals surface area contributed by atoms with Crippen molar-refractivity contribution in [1.82, 2.24) is 9.97 Å². The highest BCUT2D eigenvalue weighted by Gasteiger charge is 2.15. The van der Waals surface area contributed by atoms with Crippen molar-refractivity contribution in [3.8, 4) is 11.5 Å². The van der Waals surface area contributed by atoms with Gasteiger partial charge in [0.2, 0.25) is 5.89 Å². The van der Waals surface area contributed by atoms with Crippen molar-refractivity contribution in [2.24, 2.45) is 0 Å². The SMILES string of the molecule is CCc1ccc2oc(-c3ccc(Cl)c(NC(=O)c4cccnc4Cl)c3)nc2c1. The number of hydrogen-bond donors (Lipinski definition) is 1. The fraction of sp³-hybridized carbons (Fsp3) is 0.0952. The van der Waals surface area contributed by atoms with Crippen LogP contribution in [0.4, 0.5) is 5.69 Å². The minimum atomic E-state index is -0.401. The van der Waals surface area contributed by atoms with Crippen LogP contribution in [0, 0.1) is 0 Å². The van der Waals surface area contributed by atoms with E-state index in [1.807, 2.05) is 18.2 Å². The van der Waals surface area contributed by atoms with E-state index < -0.39 is 5.91 Å². The molecule has 4 aromatic rings. The number of aromatic nitrogens is 2. The van der Waals surface area contributed by atoms with E-state index in [4.69, 9.17) is 27.6 Å². The van der Waals surface area contributed by atoms with E-state index in [0.717, 1.165) is 11.9 Å². The van der Waals surface area contributed by atoms with Crippen molar-refractivity contribution >= 4 is 45.9 Å². The Balaban J connectivity index is 1.67. The van der Waals surface area contributed by atoms with E-state index in [-0.39, 0.29) is 10.7 Å². The topological polar surface area (TPSA) is 68.0 Å². The zero-order chi connectivity index (χ0) is 19.7. The first-order chi connectivity index (χ1) is 13.5. The van der Waals surface area contributed by atoms with Crippen molar-refractivity contribution in [3.05, 3.63) is 76.0 Å². The van der Waals surface area contributed by atoms with Gasteiger partial charge in [0.15, 0.2) is 5.58 Å². The quantitative estimate of drug-likeness (QED) is 0.417. The predicted molar refractivity (Wildman–Crippen MR) is 111 cm³/mol. The molecule has 0 atom stereocenters. The molecule has 0 aliphatic heterocycles. The molecule has 2 heterocycles. The van der Waals surface area contributed by atoms with E-state index in [0.29, 0.717) is 27.7 Å². The first-order valence-electron chi connectivity index (χ1n) is 8.66. The number of oxazole rings is 1. The van der Waals surface area contributed by atoms with Gasteiger partial charge in [0.05, 0.1) is 16.3 Å². The molecule has 140 valence electrons. The lowest BCUT2D eigenvalue weighted by Crippen LogP contribution is -2.13. The summed E-state index contributed by atoms with van der Waals surface area (Å²) in [7, 11) is 0. The summed E-state index contributed by atoms with van der Waals surface area (Å²) in [5.41, 5.74) is 4.07. The minimum absolute atomic E-state index is 0.123. The average Bonchev–Trinajstić information content (AvgIpc) is 3.13. The Morgan fingerprint density at radius 3 is 2.79 bits per heavy atom. The second kappa shape index (κ2) is 7.62. The lowest BCUT2D eigenvalue weighted by Gasteiger charge is -2.09. The van der Waals surface area contributed by atoms with Crippen molar-refractivity contribution < 1.29 is 9.21 Å². The molecule has 2 aromatic heterocycles. The van der Waals surface area contributed by atoms with Gasteiger partial charge in [-0.1, -0.05) is 36.2 Å². The van der Waals surface area contributed by atoms with Gasteiger partial charge in [-0.25, -0.2) is 9.97 Å². The van der Waals surface area contributed by atoms with Crippen LogP contribution in [0.25, 0.3) is 22.6 Å².